The number of hydrazine groups is 1. The van der Waals surface area contributed by atoms with E-state index in [0.717, 1.165) is 19.3 Å². The van der Waals surface area contributed by atoms with E-state index >= 15 is 0 Å². The fourth-order valence-electron chi connectivity index (χ4n) is 3.40. The molecule has 0 rings (SSSR count). The molecular formula is C23H42N2Na2O5. The Morgan fingerprint density at radius 3 is 1.44 bits per heavy atom. The van der Waals surface area contributed by atoms with E-state index in [9.17, 15) is 24.6 Å². The molecular weight excluding hydrogens is 430 g/mol. The number of amides is 1. The van der Waals surface area contributed by atoms with E-state index in [4.69, 9.17) is 0 Å². The number of unbranched alkanes of at least 4 members (excludes halogenated alkanes) is 14. The maximum Gasteiger partial charge on any atom is 1.00 e. The largest absolute Gasteiger partial charge is 1.00 e. The summed E-state index contributed by atoms with van der Waals surface area (Å²) in [6.07, 6.45) is 18.5. The van der Waals surface area contributed by atoms with E-state index in [1.807, 2.05) is 0 Å². The van der Waals surface area contributed by atoms with Crippen LogP contribution >= 0.6 is 0 Å². The van der Waals surface area contributed by atoms with Crippen molar-refractivity contribution in [2.75, 3.05) is 0 Å². The van der Waals surface area contributed by atoms with Crippen LogP contribution in [0.3, 0.4) is 0 Å². The molecule has 1 unspecified atom stereocenters. The van der Waals surface area contributed by atoms with Crippen molar-refractivity contribution < 1.29 is 83.7 Å². The molecule has 2 N–H and O–H groups in total. The Kier molecular flexibility index (Phi) is 31.9. The van der Waals surface area contributed by atoms with E-state index in [2.05, 4.69) is 17.8 Å². The third-order valence-corrected chi connectivity index (χ3v) is 5.31. The topological polar surface area (TPSA) is 121 Å². The fraction of sp³-hybridized carbons (Fsp3) is 0.870. The fourth-order valence-corrected chi connectivity index (χ4v) is 3.40. The molecule has 9 heteroatoms. The first-order valence-electron chi connectivity index (χ1n) is 11.9. The van der Waals surface area contributed by atoms with E-state index in [1.54, 1.807) is 0 Å². The summed E-state index contributed by atoms with van der Waals surface area (Å²) in [6, 6.07) is -1.24. The minimum Gasteiger partial charge on any atom is -0.550 e. The molecule has 0 aliphatic carbocycles. The SMILES string of the molecule is CCCCCCCCCCCCCCCCCC(=O)NNC(CCC(=O)[O-])C(=O)[O-].[Na+].[Na+]. The van der Waals surface area contributed by atoms with Crippen molar-refractivity contribution in [3.05, 3.63) is 0 Å². The van der Waals surface area contributed by atoms with E-state index < -0.39 is 24.4 Å². The summed E-state index contributed by atoms with van der Waals surface area (Å²) < 4.78 is 0. The molecule has 0 bridgehead atoms. The minimum absolute atomic E-state index is 0. The van der Waals surface area contributed by atoms with Crippen molar-refractivity contribution in [2.45, 2.75) is 129 Å². The predicted octanol–water partition coefficient (Wildman–Crippen LogP) is -3.47. The van der Waals surface area contributed by atoms with Gasteiger partial charge < -0.3 is 19.8 Å². The van der Waals surface area contributed by atoms with Crippen LogP contribution in [-0.4, -0.2) is 23.9 Å². The summed E-state index contributed by atoms with van der Waals surface area (Å²) in [5, 5.41) is 21.3. The molecule has 0 aromatic heterocycles. The zero-order chi connectivity index (χ0) is 22.5. The standard InChI is InChI=1S/C23H44N2O5.2Na/c1-2-3-4-5-6-7-8-9-10-11-12-13-14-15-16-17-21(26)25-24-20(23(29)30)18-19-22(27)28;;/h20,24H,2-19H2,1H3,(H,25,26)(H,27,28)(H,29,30);;/q;2*+1/p-2. The Bertz CT molecular complexity index is 468. The second-order valence-corrected chi connectivity index (χ2v) is 8.17. The number of aliphatic carboxylic acids is 2. The van der Waals surface area contributed by atoms with Gasteiger partial charge in [0.25, 0.3) is 0 Å². The van der Waals surface area contributed by atoms with Crippen LogP contribution in [0.1, 0.15) is 122 Å². The minimum atomic E-state index is -1.46. The van der Waals surface area contributed by atoms with Gasteiger partial charge in [-0.05, 0) is 19.3 Å². The maximum atomic E-state index is 11.7. The second kappa shape index (κ2) is 27.6. The summed E-state index contributed by atoms with van der Waals surface area (Å²) in [5.41, 5.74) is 4.64. The molecule has 0 fully saturated rings. The Hall–Kier alpha value is 0.370. The third kappa shape index (κ3) is 26.6. The number of carboxylic acid groups (broad SMARTS) is 2. The molecule has 0 aliphatic rings. The average molecular weight is 473 g/mol. The number of hydrogen-bond acceptors (Lipinski definition) is 6. The van der Waals surface area contributed by atoms with Gasteiger partial charge in [0.2, 0.25) is 5.91 Å². The molecule has 0 saturated carbocycles. The summed E-state index contributed by atoms with van der Waals surface area (Å²) in [6.45, 7) is 2.25. The maximum absolute atomic E-state index is 11.7. The number of hydrogen-bond donors (Lipinski definition) is 2. The first kappa shape index (κ1) is 36.9. The van der Waals surface area contributed by atoms with Gasteiger partial charge in [-0.3, -0.25) is 10.2 Å². The van der Waals surface area contributed by atoms with Gasteiger partial charge >= 0.3 is 59.1 Å². The Morgan fingerprint density at radius 2 is 1.06 bits per heavy atom. The molecule has 0 saturated heterocycles. The monoisotopic (exact) mass is 472 g/mol. The first-order chi connectivity index (χ1) is 14.5. The van der Waals surface area contributed by atoms with E-state index in [1.165, 1.54) is 77.0 Å². The van der Waals surface area contributed by atoms with E-state index in [0.29, 0.717) is 6.42 Å². The zero-order valence-corrected chi connectivity index (χ0v) is 24.8. The quantitative estimate of drug-likeness (QED) is 0.0959. The van der Waals surface area contributed by atoms with Gasteiger partial charge in [0.1, 0.15) is 0 Å². The third-order valence-electron chi connectivity index (χ3n) is 5.31. The summed E-state index contributed by atoms with van der Waals surface area (Å²) >= 11 is 0. The number of rotatable bonds is 22. The van der Waals surface area contributed by atoms with Gasteiger partial charge in [-0.1, -0.05) is 96.8 Å². The molecule has 0 aliphatic heterocycles. The smallest absolute Gasteiger partial charge is 0.550 e. The van der Waals surface area contributed by atoms with E-state index in [-0.39, 0.29) is 71.4 Å². The van der Waals surface area contributed by atoms with Crippen molar-refractivity contribution in [2.24, 2.45) is 0 Å². The summed E-state index contributed by atoms with van der Waals surface area (Å²) in [7, 11) is 0. The van der Waals surface area contributed by atoms with Crippen LogP contribution in [0, 0.1) is 0 Å². The normalized spacial score (nSPS) is 11.2. The average Bonchev–Trinajstić information content (AvgIpc) is 2.70. The molecule has 0 heterocycles. The van der Waals surface area contributed by atoms with Crippen LogP contribution in [0.15, 0.2) is 0 Å². The predicted molar refractivity (Wildman–Crippen MR) is 114 cm³/mol. The van der Waals surface area contributed by atoms with Crippen LogP contribution in [0.25, 0.3) is 0 Å². The molecule has 1 atom stereocenters. The van der Waals surface area contributed by atoms with Crippen molar-refractivity contribution in [3.8, 4) is 0 Å². The summed E-state index contributed by atoms with van der Waals surface area (Å²) in [4.78, 5) is 33.0. The van der Waals surface area contributed by atoms with Crippen molar-refractivity contribution in [1.29, 1.82) is 0 Å². The number of nitrogens with one attached hydrogen (secondary N) is 2. The molecule has 0 radical (unpaired) electrons. The van der Waals surface area contributed by atoms with Gasteiger partial charge in [-0.25, -0.2) is 5.43 Å². The number of carboxylic acids is 2. The van der Waals surface area contributed by atoms with Gasteiger partial charge in [0, 0.05) is 12.4 Å². The molecule has 0 aromatic carbocycles. The Labute approximate surface area is 239 Å². The molecule has 32 heavy (non-hydrogen) atoms. The van der Waals surface area contributed by atoms with Crippen LogP contribution in [0.5, 0.6) is 0 Å². The molecule has 0 aromatic rings. The second-order valence-electron chi connectivity index (χ2n) is 8.17. The molecule has 7 nitrogen and oxygen atoms in total. The van der Waals surface area contributed by atoms with Crippen molar-refractivity contribution >= 4 is 17.8 Å². The van der Waals surface area contributed by atoms with Crippen molar-refractivity contribution in [1.82, 2.24) is 10.9 Å². The van der Waals surface area contributed by atoms with Gasteiger partial charge in [-0.2, -0.15) is 0 Å². The molecule has 176 valence electrons. The molecule has 1 amide bonds. The van der Waals surface area contributed by atoms with Gasteiger partial charge in [0.15, 0.2) is 0 Å². The van der Waals surface area contributed by atoms with Crippen LogP contribution in [-0.2, 0) is 14.4 Å². The zero-order valence-electron chi connectivity index (χ0n) is 20.8. The summed E-state index contributed by atoms with van der Waals surface area (Å²) in [5.74, 6) is -3.10. The van der Waals surface area contributed by atoms with Crippen LogP contribution in [0.2, 0.25) is 0 Å². The van der Waals surface area contributed by atoms with Gasteiger partial charge in [0.05, 0.1) is 12.0 Å². The Morgan fingerprint density at radius 1 is 0.656 bits per heavy atom. The van der Waals surface area contributed by atoms with Crippen LogP contribution in [0.4, 0.5) is 0 Å². The first-order valence-corrected chi connectivity index (χ1v) is 11.9. The van der Waals surface area contributed by atoms with Crippen LogP contribution < -0.4 is 80.2 Å². The Balaban J connectivity index is -0.00000420. The number of carbonyl (C=O) groups excluding carboxylic acids is 3. The van der Waals surface area contributed by atoms with Crippen molar-refractivity contribution in [3.63, 3.8) is 0 Å². The molecule has 0 spiro atoms. The van der Waals surface area contributed by atoms with Gasteiger partial charge in [-0.15, -0.1) is 0 Å². The number of carbonyl (C=O) groups is 3.